The number of halogens is 1. The molecular weight excluding hydrogens is 367 g/mol. The number of sulfonamides is 1. The summed E-state index contributed by atoms with van der Waals surface area (Å²) < 4.78 is 42.1. The minimum absolute atomic E-state index is 0.0553. The summed E-state index contributed by atoms with van der Waals surface area (Å²) in [4.78, 5) is 5.51. The molecule has 146 valence electrons. The molecule has 0 aromatic heterocycles. The van der Waals surface area contributed by atoms with E-state index >= 15 is 0 Å². The monoisotopic (exact) mass is 392 g/mol. The van der Waals surface area contributed by atoms with E-state index in [0.717, 1.165) is 5.56 Å². The van der Waals surface area contributed by atoms with Gasteiger partial charge in [0.2, 0.25) is 10.0 Å². The molecule has 7 heteroatoms. The van der Waals surface area contributed by atoms with Gasteiger partial charge in [-0.15, -0.1) is 0 Å². The lowest BCUT2D eigenvalue weighted by Gasteiger charge is -2.23. The molecule has 1 heterocycles. The molecule has 0 saturated carbocycles. The first-order valence-electron chi connectivity index (χ1n) is 8.97. The van der Waals surface area contributed by atoms with E-state index in [4.69, 9.17) is 4.84 Å². The van der Waals surface area contributed by atoms with Crippen LogP contribution in [0.2, 0.25) is 0 Å². The highest BCUT2D eigenvalue weighted by Gasteiger charge is 2.43. The Morgan fingerprint density at radius 1 is 1.19 bits per heavy atom. The smallest absolute Gasteiger partial charge is 0.219 e. The summed E-state index contributed by atoms with van der Waals surface area (Å²) in [6.07, 6.45) is 0. The zero-order valence-corrected chi connectivity index (χ0v) is 16.5. The van der Waals surface area contributed by atoms with Gasteiger partial charge < -0.3 is 0 Å². The lowest BCUT2D eigenvalue weighted by atomic mass is 9.98. The maximum Gasteiger partial charge on any atom is 0.219 e. The Labute approximate surface area is 160 Å². The first kappa shape index (κ1) is 19.9. The van der Waals surface area contributed by atoms with Crippen molar-refractivity contribution in [2.45, 2.75) is 37.6 Å². The number of nitrogens with one attached hydrogen (secondary N) is 1. The van der Waals surface area contributed by atoms with Crippen molar-refractivity contribution in [1.29, 1.82) is 0 Å². The Morgan fingerprint density at radius 3 is 2.48 bits per heavy atom. The first-order valence-corrected chi connectivity index (χ1v) is 10.5. The number of rotatable bonds is 6. The zero-order valence-electron chi connectivity index (χ0n) is 15.7. The molecule has 2 aromatic carbocycles. The predicted molar refractivity (Wildman–Crippen MR) is 103 cm³/mol. The number of hydroxylamine groups is 2. The lowest BCUT2D eigenvalue weighted by Crippen LogP contribution is -2.39. The highest BCUT2D eigenvalue weighted by Crippen LogP contribution is 2.34. The first-order chi connectivity index (χ1) is 12.8. The number of benzene rings is 2. The summed E-state index contributed by atoms with van der Waals surface area (Å²) in [6.45, 7) is 4.19. The van der Waals surface area contributed by atoms with Gasteiger partial charge in [-0.2, -0.15) is 5.06 Å². The Bertz CT molecular complexity index is 884. The fraction of sp³-hybridized carbons (Fsp3) is 0.400. The van der Waals surface area contributed by atoms with Gasteiger partial charge in [0.05, 0.1) is 12.6 Å². The van der Waals surface area contributed by atoms with E-state index in [-0.39, 0.29) is 13.2 Å². The molecule has 1 aliphatic heterocycles. The second kappa shape index (κ2) is 8.06. The van der Waals surface area contributed by atoms with Crippen LogP contribution in [-0.2, 0) is 21.4 Å². The van der Waals surface area contributed by atoms with Gasteiger partial charge in [-0.25, -0.2) is 17.5 Å². The minimum atomic E-state index is -3.71. The Morgan fingerprint density at radius 2 is 1.85 bits per heavy atom. The summed E-state index contributed by atoms with van der Waals surface area (Å²) >= 11 is 0. The van der Waals surface area contributed by atoms with E-state index in [0.29, 0.717) is 11.5 Å². The Hall–Kier alpha value is -1.80. The largest absolute Gasteiger partial charge is 0.297 e. The van der Waals surface area contributed by atoms with Crippen molar-refractivity contribution in [2.75, 3.05) is 13.7 Å². The molecule has 1 aliphatic rings. The van der Waals surface area contributed by atoms with Crippen molar-refractivity contribution in [1.82, 2.24) is 9.79 Å². The van der Waals surface area contributed by atoms with Gasteiger partial charge in [-0.3, -0.25) is 4.84 Å². The molecule has 1 saturated heterocycles. The maximum atomic E-state index is 13.8. The Kier molecular flexibility index (Phi) is 5.95. The van der Waals surface area contributed by atoms with E-state index in [1.54, 1.807) is 30.3 Å². The summed E-state index contributed by atoms with van der Waals surface area (Å²) in [7, 11) is -1.99. The van der Waals surface area contributed by atoms with Crippen molar-refractivity contribution in [3.05, 3.63) is 71.0 Å². The molecule has 2 aromatic rings. The summed E-state index contributed by atoms with van der Waals surface area (Å²) in [6, 6.07) is 13.6. The fourth-order valence-electron chi connectivity index (χ4n) is 3.29. The average molecular weight is 392 g/mol. The third-order valence-corrected chi connectivity index (χ3v) is 6.69. The van der Waals surface area contributed by atoms with Crippen LogP contribution in [0.3, 0.4) is 0 Å². The van der Waals surface area contributed by atoms with Crippen LogP contribution in [-0.4, -0.2) is 32.4 Å². The maximum absolute atomic E-state index is 13.8. The van der Waals surface area contributed by atoms with Crippen LogP contribution in [0.25, 0.3) is 0 Å². The predicted octanol–water partition coefficient (Wildman–Crippen LogP) is 3.36. The van der Waals surface area contributed by atoms with E-state index < -0.39 is 27.1 Å². The molecule has 0 unspecified atom stereocenters. The number of hydrogen-bond acceptors (Lipinski definition) is 4. The van der Waals surface area contributed by atoms with Crippen LogP contribution in [0.5, 0.6) is 0 Å². The molecule has 1 fully saturated rings. The van der Waals surface area contributed by atoms with E-state index in [2.05, 4.69) is 18.6 Å². The quantitative estimate of drug-likeness (QED) is 0.819. The SMILES string of the molecule is CC(C)c1ccc([C@H]2[C@H](S(=O)(=O)NCc3ccccc3F)CON2C)cc1. The van der Waals surface area contributed by atoms with Gasteiger partial charge in [0.25, 0.3) is 0 Å². The van der Waals surface area contributed by atoms with Crippen LogP contribution < -0.4 is 4.72 Å². The molecule has 0 radical (unpaired) electrons. The van der Waals surface area contributed by atoms with Gasteiger partial charge >= 0.3 is 0 Å². The van der Waals surface area contributed by atoms with Crippen molar-refractivity contribution >= 4 is 10.0 Å². The summed E-state index contributed by atoms with van der Waals surface area (Å²) in [5.74, 6) is -0.0283. The Balaban J connectivity index is 1.80. The molecule has 0 spiro atoms. The van der Waals surface area contributed by atoms with Crippen molar-refractivity contribution in [2.24, 2.45) is 0 Å². The normalized spacial score (nSPS) is 21.1. The third kappa shape index (κ3) is 4.38. The van der Waals surface area contributed by atoms with Crippen molar-refractivity contribution in [3.8, 4) is 0 Å². The molecule has 2 atom stereocenters. The highest BCUT2D eigenvalue weighted by atomic mass is 32.2. The van der Waals surface area contributed by atoms with Crippen LogP contribution in [0, 0.1) is 5.82 Å². The average Bonchev–Trinajstić information content (AvgIpc) is 3.03. The second-order valence-electron chi connectivity index (χ2n) is 7.10. The van der Waals surface area contributed by atoms with E-state index in [1.807, 2.05) is 24.3 Å². The van der Waals surface area contributed by atoms with Gasteiger partial charge in [0.15, 0.2) is 0 Å². The van der Waals surface area contributed by atoms with Gasteiger partial charge in [0, 0.05) is 19.2 Å². The van der Waals surface area contributed by atoms with E-state index in [1.165, 1.54) is 11.6 Å². The molecule has 27 heavy (non-hydrogen) atoms. The van der Waals surface area contributed by atoms with Gasteiger partial charge in [-0.05, 0) is 23.1 Å². The molecule has 3 rings (SSSR count). The van der Waals surface area contributed by atoms with Gasteiger partial charge in [0.1, 0.15) is 11.1 Å². The van der Waals surface area contributed by atoms with Crippen LogP contribution in [0.15, 0.2) is 48.5 Å². The van der Waals surface area contributed by atoms with Gasteiger partial charge in [-0.1, -0.05) is 56.3 Å². The van der Waals surface area contributed by atoms with Crippen molar-refractivity contribution < 1.29 is 17.6 Å². The highest BCUT2D eigenvalue weighted by molar-refractivity contribution is 7.90. The molecule has 0 aliphatic carbocycles. The lowest BCUT2D eigenvalue weighted by molar-refractivity contribution is -0.110. The molecule has 0 amide bonds. The second-order valence-corrected chi connectivity index (χ2v) is 9.09. The third-order valence-electron chi connectivity index (χ3n) is 4.95. The van der Waals surface area contributed by atoms with Crippen LogP contribution in [0.4, 0.5) is 4.39 Å². The number of hydrogen-bond donors (Lipinski definition) is 1. The molecule has 5 nitrogen and oxygen atoms in total. The van der Waals surface area contributed by atoms with Crippen LogP contribution in [0.1, 0.15) is 42.5 Å². The van der Waals surface area contributed by atoms with Crippen molar-refractivity contribution in [3.63, 3.8) is 0 Å². The number of nitrogens with zero attached hydrogens (tertiary/aromatic N) is 1. The molecular formula is C20H25FN2O3S. The summed E-state index contributed by atoms with van der Waals surface area (Å²) in [5, 5.41) is 0.802. The zero-order chi connectivity index (χ0) is 19.6. The standard InChI is InChI=1S/C20H25FN2O3S/c1-14(2)15-8-10-16(11-9-15)20-19(13-26-23(20)3)27(24,25)22-12-17-6-4-5-7-18(17)21/h4-11,14,19-20,22H,12-13H2,1-3H3/t19-,20+/m1/s1. The van der Waals surface area contributed by atoms with Crippen LogP contribution >= 0.6 is 0 Å². The fourth-order valence-corrected chi connectivity index (χ4v) is 4.76. The minimum Gasteiger partial charge on any atom is -0.297 e. The topological polar surface area (TPSA) is 58.6 Å². The molecule has 1 N–H and O–H groups in total. The molecule has 0 bridgehead atoms. The van der Waals surface area contributed by atoms with E-state index in [9.17, 15) is 12.8 Å². The summed E-state index contributed by atoms with van der Waals surface area (Å²) in [5.41, 5.74) is 2.38.